The molecule has 0 unspecified atom stereocenters. The Kier molecular flexibility index (Phi) is 1.99. The molecule has 1 aliphatic heterocycles. The van der Waals surface area contributed by atoms with Crippen molar-refractivity contribution in [2.45, 2.75) is 12.6 Å². The van der Waals surface area contributed by atoms with E-state index >= 15 is 0 Å². The molecule has 0 atom stereocenters. The molecule has 0 bridgehead atoms. The molecule has 0 N–H and O–H groups in total. The molecule has 5 heteroatoms. The van der Waals surface area contributed by atoms with Crippen molar-refractivity contribution in [1.82, 2.24) is 0 Å². The lowest BCUT2D eigenvalue weighted by Gasteiger charge is -2.13. The van der Waals surface area contributed by atoms with E-state index in [2.05, 4.69) is 26.7 Å². The van der Waals surface area contributed by atoms with Crippen molar-refractivity contribution >= 4 is 0 Å². The Labute approximate surface area is 81.5 Å². The molecule has 0 amide bonds. The molecule has 5 nitrogen and oxygen atoms in total. The molecule has 1 heterocycles. The quantitative estimate of drug-likeness (QED) is 0.705. The van der Waals surface area contributed by atoms with Crippen molar-refractivity contribution in [1.29, 1.82) is 0 Å². The van der Waals surface area contributed by atoms with Gasteiger partial charge in [-0.2, -0.15) is 0 Å². The summed E-state index contributed by atoms with van der Waals surface area (Å²) >= 11 is 0. The Bertz CT molecular complexity index is 370. The van der Waals surface area contributed by atoms with E-state index in [0.29, 0.717) is 5.75 Å². The highest BCUT2D eigenvalue weighted by Crippen LogP contribution is 2.31. The topological polar surface area (TPSA) is 58.7 Å². The lowest BCUT2D eigenvalue weighted by atomic mass is 10.0. The van der Waals surface area contributed by atoms with Gasteiger partial charge in [0.1, 0.15) is 5.75 Å². The van der Waals surface area contributed by atoms with Crippen LogP contribution in [0.25, 0.3) is 0 Å². The SMILES string of the molecule is COc1[c]cc(C2(C)N=NN=N2)cc1. The number of methoxy groups -OCH3 is 1. The van der Waals surface area contributed by atoms with E-state index in [1.54, 1.807) is 13.2 Å². The van der Waals surface area contributed by atoms with Crippen LogP contribution in [0.5, 0.6) is 5.75 Å². The standard InChI is InChI=1S/C9H9N4O/c1-9(10-12-13-11-9)7-3-5-8(14-2)6-4-7/h3-5H,1-2H3. The summed E-state index contributed by atoms with van der Waals surface area (Å²) in [6.07, 6.45) is 0. The maximum absolute atomic E-state index is 5.00. The van der Waals surface area contributed by atoms with Gasteiger partial charge in [0, 0.05) is 11.6 Å². The molecular weight excluding hydrogens is 180 g/mol. The van der Waals surface area contributed by atoms with E-state index in [0.717, 1.165) is 5.56 Å². The summed E-state index contributed by atoms with van der Waals surface area (Å²) in [7, 11) is 1.60. The number of nitrogens with zero attached hydrogens (tertiary/aromatic N) is 4. The molecule has 0 saturated carbocycles. The molecular formula is C9H9N4O. The minimum absolute atomic E-state index is 0.684. The molecule has 0 aliphatic carbocycles. The Hall–Kier alpha value is -1.78. The predicted octanol–water partition coefficient (Wildman–Crippen LogP) is 2.50. The summed E-state index contributed by atoms with van der Waals surface area (Å²) in [6, 6.07) is 8.43. The molecule has 1 aromatic rings. The summed E-state index contributed by atoms with van der Waals surface area (Å²) in [5.74, 6) is 0.684. The highest BCUT2D eigenvalue weighted by atomic mass is 16.5. The normalized spacial score (nSPS) is 17.3. The minimum Gasteiger partial charge on any atom is -0.496 e. The number of benzene rings is 1. The third-order valence-corrected chi connectivity index (χ3v) is 2.07. The zero-order valence-electron chi connectivity index (χ0n) is 7.93. The highest BCUT2D eigenvalue weighted by molar-refractivity contribution is 5.30. The fourth-order valence-corrected chi connectivity index (χ4v) is 1.18. The summed E-state index contributed by atoms with van der Waals surface area (Å²) in [5, 5.41) is 14.8. The average Bonchev–Trinajstić information content (AvgIpc) is 2.67. The van der Waals surface area contributed by atoms with Crippen LogP contribution in [0.15, 0.2) is 38.9 Å². The van der Waals surface area contributed by atoms with E-state index in [9.17, 15) is 0 Å². The Morgan fingerprint density at radius 1 is 1.29 bits per heavy atom. The third kappa shape index (κ3) is 1.37. The van der Waals surface area contributed by atoms with E-state index in [1.807, 2.05) is 19.1 Å². The number of hydrogen-bond donors (Lipinski definition) is 0. The second-order valence-electron chi connectivity index (χ2n) is 3.05. The summed E-state index contributed by atoms with van der Waals surface area (Å²) in [5.41, 5.74) is 0.200. The van der Waals surface area contributed by atoms with Crippen molar-refractivity contribution in [3.8, 4) is 5.75 Å². The second kappa shape index (κ2) is 3.17. The highest BCUT2D eigenvalue weighted by Gasteiger charge is 2.29. The van der Waals surface area contributed by atoms with Crippen molar-refractivity contribution in [3.63, 3.8) is 0 Å². The van der Waals surface area contributed by atoms with Gasteiger partial charge in [-0.05, 0) is 29.5 Å². The molecule has 0 fully saturated rings. The lowest BCUT2D eigenvalue weighted by molar-refractivity contribution is 0.413. The Morgan fingerprint density at radius 3 is 2.50 bits per heavy atom. The maximum atomic E-state index is 5.00. The smallest absolute Gasteiger partial charge is 0.217 e. The lowest BCUT2D eigenvalue weighted by Crippen LogP contribution is -2.12. The van der Waals surface area contributed by atoms with E-state index < -0.39 is 5.66 Å². The van der Waals surface area contributed by atoms with Crippen LogP contribution in [0.1, 0.15) is 12.5 Å². The fraction of sp³-hybridized carbons (Fsp3) is 0.333. The van der Waals surface area contributed by atoms with Crippen LogP contribution in [0.3, 0.4) is 0 Å². The first-order valence-electron chi connectivity index (χ1n) is 4.15. The second-order valence-corrected chi connectivity index (χ2v) is 3.05. The van der Waals surface area contributed by atoms with Gasteiger partial charge in [0.15, 0.2) is 0 Å². The van der Waals surface area contributed by atoms with E-state index in [-0.39, 0.29) is 0 Å². The predicted molar refractivity (Wildman–Crippen MR) is 48.9 cm³/mol. The van der Waals surface area contributed by atoms with Gasteiger partial charge >= 0.3 is 0 Å². The van der Waals surface area contributed by atoms with Gasteiger partial charge < -0.3 is 4.74 Å². The summed E-state index contributed by atoms with van der Waals surface area (Å²) in [6.45, 7) is 1.84. The molecule has 1 aliphatic rings. The first-order valence-corrected chi connectivity index (χ1v) is 4.15. The largest absolute Gasteiger partial charge is 0.496 e. The van der Waals surface area contributed by atoms with Crippen LogP contribution >= 0.6 is 0 Å². The van der Waals surface area contributed by atoms with Crippen molar-refractivity contribution < 1.29 is 4.74 Å². The Morgan fingerprint density at radius 2 is 2.00 bits per heavy atom. The van der Waals surface area contributed by atoms with Gasteiger partial charge in [-0.15, -0.1) is 10.2 Å². The molecule has 71 valence electrons. The average molecular weight is 189 g/mol. The van der Waals surface area contributed by atoms with Gasteiger partial charge in [-0.25, -0.2) is 0 Å². The van der Waals surface area contributed by atoms with Crippen molar-refractivity contribution in [2.24, 2.45) is 20.7 Å². The van der Waals surface area contributed by atoms with Gasteiger partial charge in [0.2, 0.25) is 5.66 Å². The molecule has 2 rings (SSSR count). The number of hydrogen-bond acceptors (Lipinski definition) is 5. The van der Waals surface area contributed by atoms with Gasteiger partial charge in [0.25, 0.3) is 0 Å². The van der Waals surface area contributed by atoms with Gasteiger partial charge in [0.05, 0.1) is 7.11 Å². The number of ether oxygens (including phenoxy) is 1. The third-order valence-electron chi connectivity index (χ3n) is 2.07. The van der Waals surface area contributed by atoms with E-state index in [4.69, 9.17) is 4.74 Å². The van der Waals surface area contributed by atoms with Gasteiger partial charge in [-0.1, -0.05) is 6.07 Å². The van der Waals surface area contributed by atoms with Crippen LogP contribution in [-0.4, -0.2) is 7.11 Å². The molecule has 0 aromatic heterocycles. The van der Waals surface area contributed by atoms with Crippen molar-refractivity contribution in [2.75, 3.05) is 7.11 Å². The first kappa shape index (κ1) is 8.80. The van der Waals surface area contributed by atoms with Crippen LogP contribution in [-0.2, 0) is 5.66 Å². The summed E-state index contributed by atoms with van der Waals surface area (Å²) < 4.78 is 5.00. The van der Waals surface area contributed by atoms with Crippen molar-refractivity contribution in [3.05, 3.63) is 29.8 Å². The van der Waals surface area contributed by atoms with Crippen LogP contribution in [0.2, 0.25) is 0 Å². The molecule has 1 radical (unpaired) electrons. The summed E-state index contributed by atoms with van der Waals surface area (Å²) in [4.78, 5) is 0. The van der Waals surface area contributed by atoms with E-state index in [1.165, 1.54) is 0 Å². The van der Waals surface area contributed by atoms with Gasteiger partial charge in [-0.3, -0.25) is 0 Å². The number of rotatable bonds is 2. The van der Waals surface area contributed by atoms with Crippen LogP contribution in [0.4, 0.5) is 0 Å². The minimum atomic E-state index is -0.692. The Balaban J connectivity index is 2.33. The molecule has 0 spiro atoms. The zero-order valence-corrected chi connectivity index (χ0v) is 7.93. The first-order chi connectivity index (χ1) is 6.74. The maximum Gasteiger partial charge on any atom is 0.217 e. The monoisotopic (exact) mass is 189 g/mol. The van der Waals surface area contributed by atoms with Crippen LogP contribution in [0, 0.1) is 6.07 Å². The molecule has 0 saturated heterocycles. The zero-order chi connectivity index (χ0) is 10.0. The van der Waals surface area contributed by atoms with Crippen LogP contribution < -0.4 is 4.74 Å². The fourth-order valence-electron chi connectivity index (χ4n) is 1.18. The molecule has 1 aromatic carbocycles. The molecule has 14 heavy (non-hydrogen) atoms.